The molecular formula is C13H7ClINO. The Balaban J connectivity index is 2.25. The Labute approximate surface area is 118 Å². The van der Waals surface area contributed by atoms with Gasteiger partial charge in [0.1, 0.15) is 11.5 Å². The van der Waals surface area contributed by atoms with E-state index in [1.165, 1.54) is 0 Å². The fourth-order valence-electron chi connectivity index (χ4n) is 1.28. The minimum absolute atomic E-state index is 0.433. The van der Waals surface area contributed by atoms with Crippen molar-refractivity contribution in [3.63, 3.8) is 0 Å². The largest absolute Gasteiger partial charge is 0.456 e. The van der Waals surface area contributed by atoms with E-state index < -0.39 is 0 Å². The SMILES string of the molecule is N#Cc1ccc(Oc2ccc(I)cc2)c(Cl)c1. The highest BCUT2D eigenvalue weighted by atomic mass is 127. The second-order valence-corrected chi connectivity index (χ2v) is 4.97. The molecule has 0 saturated heterocycles. The number of benzene rings is 2. The molecule has 0 N–H and O–H groups in total. The van der Waals surface area contributed by atoms with E-state index in [0.29, 0.717) is 16.3 Å². The quantitative estimate of drug-likeness (QED) is 0.737. The van der Waals surface area contributed by atoms with Crippen molar-refractivity contribution in [3.05, 3.63) is 56.6 Å². The second-order valence-electron chi connectivity index (χ2n) is 3.31. The summed E-state index contributed by atoms with van der Waals surface area (Å²) in [5, 5.41) is 9.16. The maximum atomic E-state index is 8.72. The third-order valence-corrected chi connectivity index (χ3v) is 3.12. The van der Waals surface area contributed by atoms with Crippen LogP contribution in [0.5, 0.6) is 11.5 Å². The lowest BCUT2D eigenvalue weighted by Gasteiger charge is -2.07. The Hall–Kier alpha value is -1.25. The lowest BCUT2D eigenvalue weighted by molar-refractivity contribution is 0.483. The molecule has 0 radical (unpaired) electrons. The van der Waals surface area contributed by atoms with Gasteiger partial charge in [-0.2, -0.15) is 5.26 Å². The first-order valence-electron chi connectivity index (χ1n) is 4.82. The van der Waals surface area contributed by atoms with Crippen LogP contribution in [0.15, 0.2) is 42.5 Å². The van der Waals surface area contributed by atoms with Gasteiger partial charge < -0.3 is 4.74 Å². The summed E-state index contributed by atoms with van der Waals surface area (Å²) in [6, 6.07) is 14.6. The summed E-state index contributed by atoms with van der Waals surface area (Å²) in [5.74, 6) is 1.27. The Morgan fingerprint density at radius 1 is 1.12 bits per heavy atom. The number of hydrogen-bond donors (Lipinski definition) is 0. The van der Waals surface area contributed by atoms with Crippen LogP contribution in [-0.2, 0) is 0 Å². The molecule has 0 saturated carbocycles. The highest BCUT2D eigenvalue weighted by molar-refractivity contribution is 14.1. The van der Waals surface area contributed by atoms with Gasteiger partial charge >= 0.3 is 0 Å². The Kier molecular flexibility index (Phi) is 3.87. The number of ether oxygens (including phenoxy) is 1. The highest BCUT2D eigenvalue weighted by Crippen LogP contribution is 2.30. The van der Waals surface area contributed by atoms with Crippen molar-refractivity contribution < 1.29 is 4.74 Å². The first-order chi connectivity index (χ1) is 8.19. The normalized spacial score (nSPS) is 9.71. The van der Waals surface area contributed by atoms with E-state index in [0.717, 1.165) is 9.32 Å². The Morgan fingerprint density at radius 2 is 1.82 bits per heavy atom. The molecule has 2 nitrogen and oxygen atoms in total. The summed E-state index contributed by atoms with van der Waals surface area (Å²) in [4.78, 5) is 0. The van der Waals surface area contributed by atoms with E-state index in [9.17, 15) is 0 Å². The van der Waals surface area contributed by atoms with Crippen molar-refractivity contribution in [3.8, 4) is 17.6 Å². The summed E-state index contributed by atoms with van der Waals surface area (Å²) in [6.45, 7) is 0. The van der Waals surface area contributed by atoms with E-state index in [4.69, 9.17) is 21.6 Å². The molecule has 0 heterocycles. The van der Waals surface area contributed by atoms with Gasteiger partial charge in [-0.3, -0.25) is 0 Å². The molecule has 0 aliphatic carbocycles. The Bertz CT molecular complexity index is 575. The lowest BCUT2D eigenvalue weighted by atomic mass is 10.2. The van der Waals surface area contributed by atoms with Crippen LogP contribution < -0.4 is 4.74 Å². The molecule has 0 bridgehead atoms. The topological polar surface area (TPSA) is 33.0 Å². The smallest absolute Gasteiger partial charge is 0.146 e. The van der Waals surface area contributed by atoms with Crippen LogP contribution in [0.3, 0.4) is 0 Å². The van der Waals surface area contributed by atoms with Gasteiger partial charge in [0.25, 0.3) is 0 Å². The van der Waals surface area contributed by atoms with Gasteiger partial charge in [-0.05, 0) is 65.1 Å². The van der Waals surface area contributed by atoms with Gasteiger partial charge in [-0.1, -0.05) is 11.6 Å². The monoisotopic (exact) mass is 355 g/mol. The third-order valence-electron chi connectivity index (χ3n) is 2.10. The van der Waals surface area contributed by atoms with Crippen molar-refractivity contribution in [2.45, 2.75) is 0 Å². The molecule has 0 fully saturated rings. The van der Waals surface area contributed by atoms with Gasteiger partial charge in [0.05, 0.1) is 16.7 Å². The van der Waals surface area contributed by atoms with E-state index in [-0.39, 0.29) is 0 Å². The van der Waals surface area contributed by atoms with Gasteiger partial charge in [0, 0.05) is 3.57 Å². The van der Waals surface area contributed by atoms with Crippen LogP contribution in [0.4, 0.5) is 0 Å². The van der Waals surface area contributed by atoms with Crippen molar-refractivity contribution in [2.75, 3.05) is 0 Å². The summed E-state index contributed by atoms with van der Waals surface area (Å²) >= 11 is 8.24. The zero-order valence-electron chi connectivity index (χ0n) is 8.65. The predicted molar refractivity (Wildman–Crippen MR) is 75.4 cm³/mol. The summed E-state index contributed by atoms with van der Waals surface area (Å²) < 4.78 is 6.76. The average molecular weight is 356 g/mol. The first-order valence-corrected chi connectivity index (χ1v) is 6.28. The third kappa shape index (κ3) is 3.11. The van der Waals surface area contributed by atoms with Gasteiger partial charge in [-0.15, -0.1) is 0 Å². The number of nitriles is 1. The second kappa shape index (κ2) is 5.39. The first kappa shape index (κ1) is 12.2. The van der Waals surface area contributed by atoms with E-state index >= 15 is 0 Å². The van der Waals surface area contributed by atoms with Crippen LogP contribution in [0.1, 0.15) is 5.56 Å². The summed E-state index contributed by atoms with van der Waals surface area (Å²) in [5.41, 5.74) is 0.518. The maximum Gasteiger partial charge on any atom is 0.146 e. The molecule has 2 aromatic rings. The molecule has 0 aliphatic heterocycles. The van der Waals surface area contributed by atoms with Crippen LogP contribution >= 0.6 is 34.2 Å². The molecule has 4 heteroatoms. The molecule has 0 aromatic heterocycles. The molecule has 0 atom stereocenters. The Morgan fingerprint density at radius 3 is 2.41 bits per heavy atom. The zero-order valence-corrected chi connectivity index (χ0v) is 11.6. The molecule has 2 rings (SSSR count). The highest BCUT2D eigenvalue weighted by Gasteiger charge is 2.04. The van der Waals surface area contributed by atoms with E-state index in [2.05, 4.69) is 22.6 Å². The maximum absolute atomic E-state index is 8.72. The van der Waals surface area contributed by atoms with Crippen LogP contribution in [0, 0.1) is 14.9 Å². The number of rotatable bonds is 2. The molecule has 84 valence electrons. The van der Waals surface area contributed by atoms with Crippen LogP contribution in [0.2, 0.25) is 5.02 Å². The number of halogens is 2. The zero-order chi connectivity index (χ0) is 12.3. The standard InChI is InChI=1S/C13H7ClINO/c14-12-7-9(8-16)1-6-13(12)17-11-4-2-10(15)3-5-11/h1-7H. The lowest BCUT2D eigenvalue weighted by Crippen LogP contribution is -1.86. The predicted octanol–water partition coefficient (Wildman–Crippen LogP) is 4.61. The fourth-order valence-corrected chi connectivity index (χ4v) is 1.86. The average Bonchev–Trinajstić information content (AvgIpc) is 2.34. The van der Waals surface area contributed by atoms with Crippen LogP contribution in [0.25, 0.3) is 0 Å². The van der Waals surface area contributed by atoms with Gasteiger partial charge in [0.2, 0.25) is 0 Å². The van der Waals surface area contributed by atoms with Crippen molar-refractivity contribution in [1.82, 2.24) is 0 Å². The molecule has 17 heavy (non-hydrogen) atoms. The molecule has 0 unspecified atom stereocenters. The van der Waals surface area contributed by atoms with Crippen molar-refractivity contribution in [2.24, 2.45) is 0 Å². The van der Waals surface area contributed by atoms with Gasteiger partial charge in [0.15, 0.2) is 0 Å². The molecule has 0 amide bonds. The van der Waals surface area contributed by atoms with E-state index in [1.807, 2.05) is 30.3 Å². The van der Waals surface area contributed by atoms with Crippen LogP contribution in [-0.4, -0.2) is 0 Å². The number of hydrogen-bond acceptors (Lipinski definition) is 2. The molecule has 2 aromatic carbocycles. The number of nitrogens with zero attached hydrogens (tertiary/aromatic N) is 1. The van der Waals surface area contributed by atoms with E-state index in [1.54, 1.807) is 18.2 Å². The fraction of sp³-hybridized carbons (Fsp3) is 0. The molecule has 0 spiro atoms. The van der Waals surface area contributed by atoms with Gasteiger partial charge in [-0.25, -0.2) is 0 Å². The summed E-state index contributed by atoms with van der Waals surface area (Å²) in [7, 11) is 0. The minimum atomic E-state index is 0.433. The molecule has 0 aliphatic rings. The van der Waals surface area contributed by atoms with Crippen molar-refractivity contribution in [1.29, 1.82) is 5.26 Å². The van der Waals surface area contributed by atoms with Crippen molar-refractivity contribution >= 4 is 34.2 Å². The summed E-state index contributed by atoms with van der Waals surface area (Å²) in [6.07, 6.45) is 0. The molecular weight excluding hydrogens is 349 g/mol. The minimum Gasteiger partial charge on any atom is -0.456 e.